The highest BCUT2D eigenvalue weighted by Crippen LogP contribution is 2.14. The van der Waals surface area contributed by atoms with Crippen molar-refractivity contribution in [2.24, 2.45) is 0 Å². The van der Waals surface area contributed by atoms with Gasteiger partial charge >= 0.3 is 12.0 Å². The number of amides is 3. The average molecular weight is 301 g/mol. The fraction of sp³-hybridized carbons (Fsp3) is 0.769. The van der Waals surface area contributed by atoms with Gasteiger partial charge in [0.15, 0.2) is 0 Å². The second-order valence-corrected chi connectivity index (χ2v) is 4.91. The molecule has 8 nitrogen and oxygen atoms in total. The Morgan fingerprint density at radius 3 is 2.67 bits per heavy atom. The molecule has 3 amide bonds. The maximum absolute atomic E-state index is 12.6. The van der Waals surface area contributed by atoms with Gasteiger partial charge in [-0.25, -0.2) is 4.79 Å². The highest BCUT2D eigenvalue weighted by molar-refractivity contribution is 5.87. The maximum Gasteiger partial charge on any atom is 0.321 e. The van der Waals surface area contributed by atoms with Crippen LogP contribution >= 0.6 is 0 Å². The molecule has 1 aliphatic heterocycles. The highest BCUT2D eigenvalue weighted by atomic mass is 16.5. The van der Waals surface area contributed by atoms with Gasteiger partial charge in [-0.05, 0) is 13.8 Å². The van der Waals surface area contributed by atoms with Crippen LogP contribution in [0.25, 0.3) is 0 Å². The summed E-state index contributed by atoms with van der Waals surface area (Å²) < 4.78 is 5.26. The predicted molar refractivity (Wildman–Crippen MR) is 74.9 cm³/mol. The van der Waals surface area contributed by atoms with E-state index in [1.54, 1.807) is 13.8 Å². The van der Waals surface area contributed by atoms with E-state index in [0.29, 0.717) is 19.7 Å². The zero-order chi connectivity index (χ0) is 16.0. The number of morpholine rings is 1. The summed E-state index contributed by atoms with van der Waals surface area (Å²) >= 11 is 0. The van der Waals surface area contributed by atoms with Crippen molar-refractivity contribution in [2.75, 3.05) is 33.4 Å². The molecule has 1 fully saturated rings. The summed E-state index contributed by atoms with van der Waals surface area (Å²) in [5.41, 5.74) is 0. The van der Waals surface area contributed by atoms with Crippen LogP contribution in [0.1, 0.15) is 20.3 Å². The lowest BCUT2D eigenvalue weighted by Crippen LogP contribution is -2.59. The van der Waals surface area contributed by atoms with E-state index in [4.69, 9.17) is 9.84 Å². The van der Waals surface area contributed by atoms with Crippen molar-refractivity contribution in [3.63, 3.8) is 0 Å². The average Bonchev–Trinajstić information content (AvgIpc) is 2.46. The number of carboxylic acid groups (broad SMARTS) is 1. The van der Waals surface area contributed by atoms with Crippen molar-refractivity contribution in [3.05, 3.63) is 0 Å². The number of urea groups is 1. The molecule has 1 aliphatic rings. The Morgan fingerprint density at radius 1 is 1.48 bits per heavy atom. The Hall–Kier alpha value is -1.83. The van der Waals surface area contributed by atoms with Gasteiger partial charge in [-0.2, -0.15) is 0 Å². The summed E-state index contributed by atoms with van der Waals surface area (Å²) in [6.07, 6.45) is -0.130. The van der Waals surface area contributed by atoms with Gasteiger partial charge in [0.05, 0.1) is 19.6 Å². The van der Waals surface area contributed by atoms with Crippen LogP contribution in [-0.4, -0.2) is 78.2 Å². The molecule has 21 heavy (non-hydrogen) atoms. The van der Waals surface area contributed by atoms with Gasteiger partial charge in [0.1, 0.15) is 6.04 Å². The number of carbonyl (C=O) groups excluding carboxylic acids is 2. The van der Waals surface area contributed by atoms with Crippen LogP contribution in [0.4, 0.5) is 4.79 Å². The molecule has 0 aromatic heterocycles. The van der Waals surface area contributed by atoms with Crippen LogP contribution in [0, 0.1) is 0 Å². The molecular formula is C13H23N3O5. The molecular weight excluding hydrogens is 278 g/mol. The molecule has 0 radical (unpaired) electrons. The zero-order valence-electron chi connectivity index (χ0n) is 12.7. The first kappa shape index (κ1) is 17.2. The minimum absolute atomic E-state index is 0.130. The lowest BCUT2D eigenvalue weighted by atomic mass is 10.2. The number of carboxylic acids is 1. The molecule has 2 unspecified atom stereocenters. The summed E-state index contributed by atoms with van der Waals surface area (Å²) in [6, 6.07) is -1.45. The number of ether oxygens (including phenoxy) is 1. The summed E-state index contributed by atoms with van der Waals surface area (Å²) in [5.74, 6) is -1.25. The number of aliphatic carboxylic acids is 1. The van der Waals surface area contributed by atoms with E-state index in [1.807, 2.05) is 0 Å². The summed E-state index contributed by atoms with van der Waals surface area (Å²) in [7, 11) is 1.50. The lowest BCUT2D eigenvalue weighted by Gasteiger charge is -2.39. The van der Waals surface area contributed by atoms with Crippen molar-refractivity contribution in [1.29, 1.82) is 0 Å². The second kappa shape index (κ2) is 7.82. The van der Waals surface area contributed by atoms with Crippen LogP contribution < -0.4 is 5.32 Å². The van der Waals surface area contributed by atoms with E-state index >= 15 is 0 Å². The van der Waals surface area contributed by atoms with Crippen molar-refractivity contribution < 1.29 is 24.2 Å². The van der Waals surface area contributed by atoms with Gasteiger partial charge in [0, 0.05) is 26.2 Å². The van der Waals surface area contributed by atoms with Crippen LogP contribution in [0.15, 0.2) is 0 Å². The SMILES string of the molecule is CCN(C(=O)N1CCOCC1C(=O)NC)C(C)CC(=O)O. The Bertz CT molecular complexity index is 401. The first-order valence-electron chi connectivity index (χ1n) is 7.00. The minimum Gasteiger partial charge on any atom is -0.481 e. The van der Waals surface area contributed by atoms with Crippen LogP contribution in [0.2, 0.25) is 0 Å². The first-order chi connectivity index (χ1) is 9.92. The van der Waals surface area contributed by atoms with E-state index in [1.165, 1.54) is 16.8 Å². The van der Waals surface area contributed by atoms with Crippen molar-refractivity contribution in [3.8, 4) is 0 Å². The quantitative estimate of drug-likeness (QED) is 0.729. The third-order valence-electron chi connectivity index (χ3n) is 3.51. The molecule has 0 aromatic rings. The Balaban J connectivity index is 2.85. The minimum atomic E-state index is -0.960. The molecule has 2 N–H and O–H groups in total. The highest BCUT2D eigenvalue weighted by Gasteiger charge is 2.35. The number of nitrogens with zero attached hydrogens (tertiary/aromatic N) is 2. The van der Waals surface area contributed by atoms with E-state index in [2.05, 4.69) is 5.32 Å². The Labute approximate surface area is 124 Å². The van der Waals surface area contributed by atoms with Crippen molar-refractivity contribution in [2.45, 2.75) is 32.4 Å². The van der Waals surface area contributed by atoms with Crippen molar-refractivity contribution in [1.82, 2.24) is 15.1 Å². The van der Waals surface area contributed by atoms with Gasteiger partial charge in [0.2, 0.25) is 5.91 Å². The lowest BCUT2D eigenvalue weighted by molar-refractivity contribution is -0.138. The maximum atomic E-state index is 12.6. The molecule has 0 spiro atoms. The third kappa shape index (κ3) is 4.32. The van der Waals surface area contributed by atoms with Crippen LogP contribution in [0.3, 0.4) is 0 Å². The number of hydrogen-bond acceptors (Lipinski definition) is 4. The smallest absolute Gasteiger partial charge is 0.321 e. The first-order valence-corrected chi connectivity index (χ1v) is 7.00. The van der Waals surface area contributed by atoms with Gasteiger partial charge in [-0.15, -0.1) is 0 Å². The van der Waals surface area contributed by atoms with E-state index in [0.717, 1.165) is 0 Å². The largest absolute Gasteiger partial charge is 0.481 e. The molecule has 1 rings (SSSR count). The van der Waals surface area contributed by atoms with E-state index in [9.17, 15) is 14.4 Å². The molecule has 0 bridgehead atoms. The number of rotatable bonds is 5. The summed E-state index contributed by atoms with van der Waals surface area (Å²) in [5, 5.41) is 11.4. The fourth-order valence-electron chi connectivity index (χ4n) is 2.38. The normalized spacial score (nSPS) is 19.8. The Kier molecular flexibility index (Phi) is 6.41. The molecule has 8 heteroatoms. The summed E-state index contributed by atoms with van der Waals surface area (Å²) in [4.78, 5) is 38.2. The molecule has 0 aliphatic carbocycles. The zero-order valence-corrected chi connectivity index (χ0v) is 12.7. The number of likely N-dealkylation sites (N-methyl/N-ethyl adjacent to an activating group) is 1. The molecule has 0 saturated carbocycles. The number of carbonyl (C=O) groups is 3. The van der Waals surface area contributed by atoms with Crippen LogP contribution in [0.5, 0.6) is 0 Å². The third-order valence-corrected chi connectivity index (χ3v) is 3.51. The Morgan fingerprint density at radius 2 is 2.14 bits per heavy atom. The van der Waals surface area contributed by atoms with Crippen molar-refractivity contribution >= 4 is 17.9 Å². The number of hydrogen-bond donors (Lipinski definition) is 2. The fourth-order valence-corrected chi connectivity index (χ4v) is 2.38. The van der Waals surface area contributed by atoms with Crippen LogP contribution in [-0.2, 0) is 14.3 Å². The van der Waals surface area contributed by atoms with E-state index in [-0.39, 0.29) is 25.0 Å². The topological polar surface area (TPSA) is 99.2 Å². The number of nitrogens with one attached hydrogen (secondary N) is 1. The van der Waals surface area contributed by atoms with Gasteiger partial charge < -0.3 is 25.0 Å². The van der Waals surface area contributed by atoms with E-state index < -0.39 is 18.1 Å². The van der Waals surface area contributed by atoms with Gasteiger partial charge in [-0.3, -0.25) is 9.59 Å². The second-order valence-electron chi connectivity index (χ2n) is 4.91. The van der Waals surface area contributed by atoms with Gasteiger partial charge in [-0.1, -0.05) is 0 Å². The molecule has 2 atom stereocenters. The predicted octanol–water partition coefficient (Wildman–Crippen LogP) is -0.262. The molecule has 0 aromatic carbocycles. The molecule has 1 saturated heterocycles. The molecule has 1 heterocycles. The standard InChI is InChI=1S/C13H23N3O5/c1-4-15(9(2)7-11(17)18)13(20)16-5-6-21-8-10(16)12(19)14-3/h9-10H,4-8H2,1-3H3,(H,14,19)(H,17,18). The van der Waals surface area contributed by atoms with Gasteiger partial charge in [0.25, 0.3) is 0 Å². The monoisotopic (exact) mass is 301 g/mol. The summed E-state index contributed by atoms with van der Waals surface area (Å²) in [6.45, 7) is 4.68. The molecule has 120 valence electrons.